The average molecular weight is 536 g/mol. The Kier molecular flexibility index (Phi) is 6.57. The van der Waals surface area contributed by atoms with Crippen molar-refractivity contribution in [1.82, 2.24) is 19.8 Å². The van der Waals surface area contributed by atoms with Crippen molar-refractivity contribution in [2.24, 2.45) is 4.99 Å². The summed E-state index contributed by atoms with van der Waals surface area (Å²) in [5.74, 6) is -0.517. The van der Waals surface area contributed by atoms with Gasteiger partial charge in [0.25, 0.3) is 5.91 Å². The molecule has 202 valence electrons. The lowest BCUT2D eigenvalue weighted by Crippen LogP contribution is -2.47. The van der Waals surface area contributed by atoms with Gasteiger partial charge in [-0.1, -0.05) is 36.4 Å². The van der Waals surface area contributed by atoms with E-state index < -0.39 is 5.97 Å². The predicted octanol–water partition coefficient (Wildman–Crippen LogP) is 4.70. The van der Waals surface area contributed by atoms with Gasteiger partial charge in [0.2, 0.25) is 0 Å². The summed E-state index contributed by atoms with van der Waals surface area (Å²) in [5.41, 5.74) is 4.95. The number of benzene rings is 3. The van der Waals surface area contributed by atoms with Gasteiger partial charge in [0.05, 0.1) is 29.6 Å². The molecule has 6 rings (SSSR count). The van der Waals surface area contributed by atoms with E-state index in [-0.39, 0.29) is 11.8 Å². The monoisotopic (exact) mass is 535 g/mol. The minimum absolute atomic E-state index is 0.00522. The fourth-order valence-electron chi connectivity index (χ4n) is 5.14. The molecule has 0 aliphatic carbocycles. The second-order valence-electron chi connectivity index (χ2n) is 9.98. The lowest BCUT2D eigenvalue weighted by atomic mass is 10.00. The standard InChI is InChI=1S/C31H29N5O4/c1-35-12-14-36(15-13-35)30(38)26-18-21-16-22(9-11-24(21)33-26)32-28(19-6-4-3-5-7-19)27-23-10-8-20(31(39)40-2)17-25(23)34-29(27)37/h3-11,16-18,33-34,37H,12-15H2,1-2H3. The van der Waals surface area contributed by atoms with Gasteiger partial charge in [-0.3, -0.25) is 4.79 Å². The Bertz CT molecular complexity index is 1760. The zero-order chi connectivity index (χ0) is 27.8. The van der Waals surface area contributed by atoms with Crippen LogP contribution < -0.4 is 0 Å². The second kappa shape index (κ2) is 10.3. The van der Waals surface area contributed by atoms with Crippen LogP contribution in [0.5, 0.6) is 5.88 Å². The van der Waals surface area contributed by atoms with Gasteiger partial charge in [0, 0.05) is 53.5 Å². The molecular weight excluding hydrogens is 506 g/mol. The Morgan fingerprint density at radius 3 is 2.40 bits per heavy atom. The summed E-state index contributed by atoms with van der Waals surface area (Å²) in [5, 5.41) is 12.6. The number of carbonyl (C=O) groups is 2. The summed E-state index contributed by atoms with van der Waals surface area (Å²) in [6, 6.07) is 22.3. The third-order valence-corrected chi connectivity index (χ3v) is 7.35. The van der Waals surface area contributed by atoms with E-state index in [0.29, 0.717) is 46.8 Å². The highest BCUT2D eigenvalue weighted by Crippen LogP contribution is 2.33. The van der Waals surface area contributed by atoms with Crippen LogP contribution in [0.3, 0.4) is 0 Å². The van der Waals surface area contributed by atoms with Crippen molar-refractivity contribution in [2.45, 2.75) is 0 Å². The molecule has 1 amide bonds. The van der Waals surface area contributed by atoms with Gasteiger partial charge >= 0.3 is 5.97 Å². The Balaban J connectivity index is 1.41. The summed E-state index contributed by atoms with van der Waals surface area (Å²) in [7, 11) is 3.39. The van der Waals surface area contributed by atoms with Gasteiger partial charge in [0.1, 0.15) is 5.69 Å². The van der Waals surface area contributed by atoms with Crippen molar-refractivity contribution in [3.63, 3.8) is 0 Å². The number of ether oxygens (including phenoxy) is 1. The summed E-state index contributed by atoms with van der Waals surface area (Å²) >= 11 is 0. The summed E-state index contributed by atoms with van der Waals surface area (Å²) in [6.45, 7) is 3.13. The highest BCUT2D eigenvalue weighted by molar-refractivity contribution is 6.22. The number of nitrogens with zero attached hydrogens (tertiary/aromatic N) is 3. The number of H-pyrrole nitrogens is 2. The van der Waals surface area contributed by atoms with Crippen LogP contribution in [0.1, 0.15) is 32.0 Å². The highest BCUT2D eigenvalue weighted by atomic mass is 16.5. The smallest absolute Gasteiger partial charge is 0.337 e. The lowest BCUT2D eigenvalue weighted by Gasteiger charge is -2.32. The fraction of sp³-hybridized carbons (Fsp3) is 0.194. The normalized spacial score (nSPS) is 14.7. The maximum absolute atomic E-state index is 13.1. The Labute approximate surface area is 230 Å². The second-order valence-corrected chi connectivity index (χ2v) is 9.98. The third-order valence-electron chi connectivity index (χ3n) is 7.35. The van der Waals surface area contributed by atoms with Crippen LogP contribution in [0.4, 0.5) is 5.69 Å². The molecule has 0 saturated carbocycles. The number of aliphatic imine (C=N–C) groups is 1. The number of piperazine rings is 1. The molecule has 9 heteroatoms. The molecule has 1 aliphatic rings. The maximum Gasteiger partial charge on any atom is 0.337 e. The number of hydrogen-bond donors (Lipinski definition) is 3. The van der Waals surface area contributed by atoms with Crippen LogP contribution in [0, 0.1) is 0 Å². The minimum atomic E-state index is -0.459. The molecule has 0 radical (unpaired) electrons. The van der Waals surface area contributed by atoms with Crippen molar-refractivity contribution in [3.8, 4) is 5.88 Å². The molecule has 2 aromatic heterocycles. The number of fused-ring (bicyclic) bond motifs is 2. The van der Waals surface area contributed by atoms with E-state index in [2.05, 4.69) is 21.9 Å². The molecule has 3 aromatic carbocycles. The number of rotatable bonds is 5. The number of aromatic amines is 2. The molecule has 9 nitrogen and oxygen atoms in total. The molecule has 1 fully saturated rings. The first kappa shape index (κ1) is 25.4. The van der Waals surface area contributed by atoms with Crippen LogP contribution in [-0.4, -0.2) is 82.8 Å². The molecule has 3 N–H and O–H groups in total. The largest absolute Gasteiger partial charge is 0.494 e. The van der Waals surface area contributed by atoms with Gasteiger partial charge in [-0.05, 0) is 43.4 Å². The van der Waals surface area contributed by atoms with Crippen LogP contribution in [-0.2, 0) is 4.74 Å². The lowest BCUT2D eigenvalue weighted by molar-refractivity contribution is 0.0600. The van der Waals surface area contributed by atoms with Crippen LogP contribution >= 0.6 is 0 Å². The maximum atomic E-state index is 13.1. The highest BCUT2D eigenvalue weighted by Gasteiger charge is 2.23. The molecular formula is C31H29N5O4. The van der Waals surface area contributed by atoms with Crippen molar-refractivity contribution in [1.29, 1.82) is 0 Å². The van der Waals surface area contributed by atoms with Crippen molar-refractivity contribution in [3.05, 3.63) is 95.2 Å². The van der Waals surface area contributed by atoms with Crippen molar-refractivity contribution < 1.29 is 19.4 Å². The molecule has 40 heavy (non-hydrogen) atoms. The number of aromatic nitrogens is 2. The van der Waals surface area contributed by atoms with Crippen LogP contribution in [0.2, 0.25) is 0 Å². The van der Waals surface area contributed by atoms with Gasteiger partial charge < -0.3 is 29.6 Å². The summed E-state index contributed by atoms with van der Waals surface area (Å²) in [6.07, 6.45) is 0. The molecule has 3 heterocycles. The average Bonchev–Trinajstić information content (AvgIpc) is 3.55. The van der Waals surface area contributed by atoms with E-state index in [1.54, 1.807) is 18.2 Å². The van der Waals surface area contributed by atoms with Crippen molar-refractivity contribution >= 4 is 45.1 Å². The van der Waals surface area contributed by atoms with Gasteiger partial charge in [-0.15, -0.1) is 0 Å². The number of nitrogens with one attached hydrogen (secondary N) is 2. The molecule has 5 aromatic rings. The molecule has 1 aliphatic heterocycles. The molecule has 0 bridgehead atoms. The van der Waals surface area contributed by atoms with Crippen LogP contribution in [0.25, 0.3) is 21.8 Å². The summed E-state index contributed by atoms with van der Waals surface area (Å²) in [4.78, 5) is 40.5. The van der Waals surface area contributed by atoms with Gasteiger partial charge in [-0.25, -0.2) is 9.79 Å². The van der Waals surface area contributed by atoms with Crippen LogP contribution in [0.15, 0.2) is 77.8 Å². The number of carbonyl (C=O) groups excluding carboxylic acids is 2. The molecule has 0 unspecified atom stereocenters. The number of aromatic hydroxyl groups is 1. The molecule has 0 spiro atoms. The number of hydrogen-bond acceptors (Lipinski definition) is 6. The number of amides is 1. The first-order chi connectivity index (χ1) is 19.4. The number of likely N-dealkylation sites (N-methyl/N-ethyl adjacent to an activating group) is 1. The van der Waals surface area contributed by atoms with E-state index in [1.165, 1.54) is 7.11 Å². The van der Waals surface area contributed by atoms with E-state index in [4.69, 9.17) is 9.73 Å². The zero-order valence-electron chi connectivity index (χ0n) is 22.3. The number of esters is 1. The minimum Gasteiger partial charge on any atom is -0.494 e. The Hall–Kier alpha value is -4.89. The van der Waals surface area contributed by atoms with E-state index in [9.17, 15) is 14.7 Å². The summed E-state index contributed by atoms with van der Waals surface area (Å²) < 4.78 is 4.84. The SMILES string of the molecule is COC(=O)c1ccc2c(C(=Nc3ccc4[nH]c(C(=O)N5CCN(C)CC5)cc4c3)c3ccccc3)c(O)[nH]c2c1. The number of methoxy groups -OCH3 is 1. The fourth-order valence-corrected chi connectivity index (χ4v) is 5.14. The van der Waals surface area contributed by atoms with E-state index >= 15 is 0 Å². The molecule has 1 saturated heterocycles. The first-order valence-corrected chi connectivity index (χ1v) is 13.1. The third kappa shape index (κ3) is 4.71. The predicted molar refractivity (Wildman–Crippen MR) is 155 cm³/mol. The van der Waals surface area contributed by atoms with Crippen molar-refractivity contribution in [2.75, 3.05) is 40.3 Å². The zero-order valence-corrected chi connectivity index (χ0v) is 22.3. The van der Waals surface area contributed by atoms with Gasteiger partial charge in [-0.2, -0.15) is 0 Å². The van der Waals surface area contributed by atoms with E-state index in [1.807, 2.05) is 59.5 Å². The Morgan fingerprint density at radius 2 is 1.65 bits per heavy atom. The van der Waals surface area contributed by atoms with Gasteiger partial charge in [0.15, 0.2) is 5.88 Å². The molecule has 0 atom stereocenters. The quantitative estimate of drug-likeness (QED) is 0.223. The topological polar surface area (TPSA) is 114 Å². The van der Waals surface area contributed by atoms with E-state index in [0.717, 1.165) is 34.9 Å². The Morgan fingerprint density at radius 1 is 0.875 bits per heavy atom. The first-order valence-electron chi connectivity index (χ1n) is 13.1.